The number of likely N-dealkylation sites (tertiary alicyclic amines) is 1. The van der Waals surface area contributed by atoms with E-state index in [-0.39, 0.29) is 35.0 Å². The highest BCUT2D eigenvalue weighted by Crippen LogP contribution is 2.21. The number of piperidine rings is 1. The van der Waals surface area contributed by atoms with Gasteiger partial charge in [-0.2, -0.15) is 0 Å². The van der Waals surface area contributed by atoms with E-state index in [9.17, 15) is 13.2 Å². The van der Waals surface area contributed by atoms with Gasteiger partial charge in [0.15, 0.2) is 9.84 Å². The number of likely N-dealkylation sites (N-methyl/N-ethyl adjacent to an activating group) is 1. The van der Waals surface area contributed by atoms with Crippen LogP contribution in [0.5, 0.6) is 0 Å². The topological polar surface area (TPSA) is 66.5 Å². The lowest BCUT2D eigenvalue weighted by Gasteiger charge is -2.33. The average molecular weight is 409 g/mol. The van der Waals surface area contributed by atoms with E-state index >= 15 is 0 Å². The molecule has 0 spiro atoms. The molecule has 1 unspecified atom stereocenters. The van der Waals surface area contributed by atoms with Gasteiger partial charge in [-0.05, 0) is 43.7 Å². The highest BCUT2D eigenvalue weighted by molar-refractivity contribution is 7.90. The summed E-state index contributed by atoms with van der Waals surface area (Å²) in [5.74, 6) is -0.272. The van der Waals surface area contributed by atoms with Crippen LogP contribution in [0.1, 0.15) is 28.8 Å². The molecule has 1 heterocycles. The molecular weight excluding hydrogens is 384 g/mol. The van der Waals surface area contributed by atoms with Gasteiger partial charge >= 0.3 is 0 Å². The number of amides is 1. The smallest absolute Gasteiger partial charge is 0.254 e. The van der Waals surface area contributed by atoms with Gasteiger partial charge in [0.1, 0.15) is 0 Å². The van der Waals surface area contributed by atoms with Crippen LogP contribution >= 0.6 is 12.4 Å². The van der Waals surface area contributed by atoms with E-state index in [0.717, 1.165) is 12.8 Å². The second kappa shape index (κ2) is 9.35. The Kier molecular flexibility index (Phi) is 7.41. The second-order valence-electron chi connectivity index (χ2n) is 6.61. The van der Waals surface area contributed by atoms with E-state index in [0.29, 0.717) is 24.2 Å². The Bertz CT molecular complexity index is 872. The number of hydrogen-bond donors (Lipinski definition) is 1. The lowest BCUT2D eigenvalue weighted by Crippen LogP contribution is -2.47. The third-order valence-electron chi connectivity index (χ3n) is 4.81. The molecule has 1 N–H and O–H groups in total. The SMILES string of the molecule is CNC1CCCN(C(=O)c2ccccc2CS(=O)(=O)c2ccccc2)C1.Cl. The third kappa shape index (κ3) is 5.09. The number of carbonyl (C=O) groups is 1. The molecule has 0 aromatic heterocycles. The molecule has 0 radical (unpaired) electrons. The summed E-state index contributed by atoms with van der Waals surface area (Å²) in [6, 6.07) is 15.7. The second-order valence-corrected chi connectivity index (χ2v) is 8.60. The monoisotopic (exact) mass is 408 g/mol. The van der Waals surface area contributed by atoms with Crippen LogP contribution in [0.4, 0.5) is 0 Å². The van der Waals surface area contributed by atoms with E-state index in [4.69, 9.17) is 0 Å². The first-order valence-corrected chi connectivity index (χ1v) is 10.5. The molecule has 1 atom stereocenters. The average Bonchev–Trinajstić information content (AvgIpc) is 2.68. The minimum absolute atomic E-state index is 0. The molecule has 7 heteroatoms. The molecule has 1 fully saturated rings. The Balaban J connectivity index is 0.00000261. The van der Waals surface area contributed by atoms with E-state index < -0.39 is 9.84 Å². The summed E-state index contributed by atoms with van der Waals surface area (Å²) in [5.41, 5.74) is 1.02. The summed E-state index contributed by atoms with van der Waals surface area (Å²) < 4.78 is 25.4. The quantitative estimate of drug-likeness (QED) is 0.826. The van der Waals surface area contributed by atoms with Crippen LogP contribution in [-0.4, -0.2) is 45.4 Å². The van der Waals surface area contributed by atoms with Crippen LogP contribution in [-0.2, 0) is 15.6 Å². The van der Waals surface area contributed by atoms with E-state index in [1.807, 2.05) is 11.9 Å². The van der Waals surface area contributed by atoms with Crippen molar-refractivity contribution in [1.29, 1.82) is 0 Å². The van der Waals surface area contributed by atoms with Crippen molar-refractivity contribution >= 4 is 28.2 Å². The molecule has 3 rings (SSSR count). The number of sulfone groups is 1. The summed E-state index contributed by atoms with van der Waals surface area (Å²) in [4.78, 5) is 15.1. The fourth-order valence-corrected chi connectivity index (χ4v) is 4.74. The zero-order valence-electron chi connectivity index (χ0n) is 15.3. The van der Waals surface area contributed by atoms with E-state index in [2.05, 4.69) is 5.32 Å². The summed E-state index contributed by atoms with van der Waals surface area (Å²) in [6.07, 6.45) is 1.99. The third-order valence-corrected chi connectivity index (χ3v) is 6.49. The van der Waals surface area contributed by atoms with Crippen LogP contribution in [0.3, 0.4) is 0 Å². The Labute approximate surface area is 167 Å². The molecule has 2 aromatic carbocycles. The number of rotatable bonds is 5. The van der Waals surface area contributed by atoms with Crippen molar-refractivity contribution in [3.05, 3.63) is 65.7 Å². The summed E-state index contributed by atoms with van der Waals surface area (Å²) in [5, 5.41) is 3.22. The molecule has 0 aliphatic carbocycles. The molecule has 1 saturated heterocycles. The molecule has 1 amide bonds. The molecule has 0 saturated carbocycles. The molecule has 1 aliphatic rings. The number of nitrogens with zero attached hydrogens (tertiary/aromatic N) is 1. The zero-order chi connectivity index (χ0) is 18.6. The molecule has 0 bridgehead atoms. The van der Waals surface area contributed by atoms with Gasteiger partial charge in [0.05, 0.1) is 10.6 Å². The van der Waals surface area contributed by atoms with Gasteiger partial charge in [-0.15, -0.1) is 12.4 Å². The van der Waals surface area contributed by atoms with Gasteiger partial charge in [0.2, 0.25) is 0 Å². The number of halogens is 1. The fraction of sp³-hybridized carbons (Fsp3) is 0.350. The zero-order valence-corrected chi connectivity index (χ0v) is 16.9. The maximum atomic E-state index is 13.0. The normalized spacial score (nSPS) is 17.2. The van der Waals surface area contributed by atoms with Gasteiger partial charge in [0.25, 0.3) is 5.91 Å². The van der Waals surface area contributed by atoms with Crippen molar-refractivity contribution in [3.63, 3.8) is 0 Å². The molecule has 2 aromatic rings. The number of carbonyl (C=O) groups excluding carboxylic acids is 1. The number of nitrogens with one attached hydrogen (secondary N) is 1. The van der Waals surface area contributed by atoms with Crippen molar-refractivity contribution in [2.45, 2.75) is 29.5 Å². The van der Waals surface area contributed by atoms with Crippen LogP contribution in [0.25, 0.3) is 0 Å². The summed E-state index contributed by atoms with van der Waals surface area (Å²) in [6.45, 7) is 1.35. The highest BCUT2D eigenvalue weighted by Gasteiger charge is 2.26. The number of hydrogen-bond acceptors (Lipinski definition) is 4. The maximum Gasteiger partial charge on any atom is 0.254 e. The van der Waals surface area contributed by atoms with Crippen LogP contribution in [0.15, 0.2) is 59.5 Å². The minimum atomic E-state index is -3.50. The van der Waals surface area contributed by atoms with Crippen molar-refractivity contribution < 1.29 is 13.2 Å². The Morgan fingerprint density at radius 2 is 1.78 bits per heavy atom. The molecule has 1 aliphatic heterocycles. The van der Waals surface area contributed by atoms with Gasteiger partial charge in [0, 0.05) is 24.7 Å². The molecule has 146 valence electrons. The first kappa shape index (κ1) is 21.4. The van der Waals surface area contributed by atoms with Crippen LogP contribution < -0.4 is 5.32 Å². The lowest BCUT2D eigenvalue weighted by atomic mass is 10.0. The minimum Gasteiger partial charge on any atom is -0.337 e. The number of benzene rings is 2. The van der Waals surface area contributed by atoms with Gasteiger partial charge in [-0.3, -0.25) is 4.79 Å². The van der Waals surface area contributed by atoms with E-state index in [1.54, 1.807) is 54.6 Å². The first-order chi connectivity index (χ1) is 12.5. The standard InChI is InChI=1S/C20H24N2O3S.ClH/c1-21-17-9-7-13-22(14-17)20(23)19-12-6-5-8-16(19)15-26(24,25)18-10-3-2-4-11-18;/h2-6,8,10-12,17,21H,7,9,13-15H2,1H3;1H. The van der Waals surface area contributed by atoms with Crippen molar-refractivity contribution in [2.24, 2.45) is 0 Å². The fourth-order valence-electron chi connectivity index (χ4n) is 3.34. The highest BCUT2D eigenvalue weighted by atomic mass is 35.5. The van der Waals surface area contributed by atoms with E-state index in [1.165, 1.54) is 0 Å². The lowest BCUT2D eigenvalue weighted by molar-refractivity contribution is 0.0697. The summed E-state index contributed by atoms with van der Waals surface area (Å²) >= 11 is 0. The van der Waals surface area contributed by atoms with Crippen molar-refractivity contribution in [1.82, 2.24) is 10.2 Å². The van der Waals surface area contributed by atoms with Gasteiger partial charge < -0.3 is 10.2 Å². The predicted octanol–water partition coefficient (Wildman–Crippen LogP) is 2.91. The molecule has 27 heavy (non-hydrogen) atoms. The summed E-state index contributed by atoms with van der Waals surface area (Å²) in [7, 11) is -1.60. The first-order valence-electron chi connectivity index (χ1n) is 8.83. The molecular formula is C20H25ClN2O3S. The Hall–Kier alpha value is -1.89. The Morgan fingerprint density at radius 1 is 1.11 bits per heavy atom. The van der Waals surface area contributed by atoms with Crippen LogP contribution in [0, 0.1) is 0 Å². The van der Waals surface area contributed by atoms with Crippen molar-refractivity contribution in [3.8, 4) is 0 Å². The largest absolute Gasteiger partial charge is 0.337 e. The maximum absolute atomic E-state index is 13.0. The van der Waals surface area contributed by atoms with Crippen molar-refractivity contribution in [2.75, 3.05) is 20.1 Å². The Morgan fingerprint density at radius 3 is 2.48 bits per heavy atom. The molecule has 5 nitrogen and oxygen atoms in total. The van der Waals surface area contributed by atoms with Gasteiger partial charge in [-0.1, -0.05) is 36.4 Å². The van der Waals surface area contributed by atoms with Gasteiger partial charge in [-0.25, -0.2) is 8.42 Å². The van der Waals surface area contributed by atoms with Crippen LogP contribution in [0.2, 0.25) is 0 Å². The predicted molar refractivity (Wildman–Crippen MR) is 109 cm³/mol.